The van der Waals surface area contributed by atoms with Crippen LogP contribution in [-0.4, -0.2) is 26.9 Å². The zero-order valence-electron chi connectivity index (χ0n) is 10.6. The van der Waals surface area contributed by atoms with Crippen molar-refractivity contribution >= 4 is 11.9 Å². The summed E-state index contributed by atoms with van der Waals surface area (Å²) in [5.74, 6) is -1.04. The lowest BCUT2D eigenvalue weighted by Gasteiger charge is -2.15. The molecule has 0 radical (unpaired) electrons. The van der Waals surface area contributed by atoms with Crippen molar-refractivity contribution in [3.05, 3.63) is 65.0 Å². The van der Waals surface area contributed by atoms with Gasteiger partial charge in [-0.1, -0.05) is 0 Å². The van der Waals surface area contributed by atoms with Gasteiger partial charge < -0.3 is 10.0 Å². The van der Waals surface area contributed by atoms with Gasteiger partial charge in [-0.25, -0.2) is 4.79 Å². The number of carbonyl (C=O) groups excluding carboxylic acids is 1. The maximum Gasteiger partial charge on any atom is 0.335 e. The highest BCUT2D eigenvalue weighted by Gasteiger charge is 2.27. The molecule has 3 rings (SSSR count). The van der Waals surface area contributed by atoms with E-state index in [1.54, 1.807) is 29.4 Å². The number of rotatable bonds is 3. The molecule has 1 aromatic heterocycles. The third-order valence-corrected chi connectivity index (χ3v) is 3.35. The first kappa shape index (κ1) is 12.3. The van der Waals surface area contributed by atoms with Crippen molar-refractivity contribution in [2.45, 2.75) is 13.1 Å². The molecule has 1 N–H and O–H groups in total. The zero-order valence-corrected chi connectivity index (χ0v) is 10.6. The van der Waals surface area contributed by atoms with E-state index in [2.05, 4.69) is 4.98 Å². The Labute approximate surface area is 115 Å². The molecule has 0 saturated heterocycles. The monoisotopic (exact) mass is 268 g/mol. The summed E-state index contributed by atoms with van der Waals surface area (Å²) >= 11 is 0. The molecule has 1 amide bonds. The summed E-state index contributed by atoms with van der Waals surface area (Å²) < 4.78 is 0. The number of hydrogen-bond acceptors (Lipinski definition) is 3. The predicted molar refractivity (Wildman–Crippen MR) is 71.2 cm³/mol. The van der Waals surface area contributed by atoms with Crippen molar-refractivity contribution in [2.75, 3.05) is 0 Å². The molecule has 20 heavy (non-hydrogen) atoms. The van der Waals surface area contributed by atoms with Crippen LogP contribution in [0.15, 0.2) is 42.7 Å². The number of carbonyl (C=O) groups is 2. The fourth-order valence-electron chi connectivity index (χ4n) is 2.35. The van der Waals surface area contributed by atoms with E-state index in [1.807, 2.05) is 12.1 Å². The Kier molecular flexibility index (Phi) is 2.95. The molecule has 100 valence electrons. The number of amides is 1. The van der Waals surface area contributed by atoms with Gasteiger partial charge in [-0.05, 0) is 41.5 Å². The first-order valence-electron chi connectivity index (χ1n) is 6.19. The van der Waals surface area contributed by atoms with Crippen LogP contribution in [0.5, 0.6) is 0 Å². The highest BCUT2D eigenvalue weighted by molar-refractivity contribution is 5.99. The second-order valence-electron chi connectivity index (χ2n) is 4.69. The van der Waals surface area contributed by atoms with Crippen molar-refractivity contribution < 1.29 is 14.7 Å². The highest BCUT2D eigenvalue weighted by Crippen LogP contribution is 2.25. The van der Waals surface area contributed by atoms with Crippen molar-refractivity contribution in [3.8, 4) is 0 Å². The summed E-state index contributed by atoms with van der Waals surface area (Å²) in [4.78, 5) is 28.8. The number of aromatic carboxylic acids is 1. The average molecular weight is 268 g/mol. The van der Waals surface area contributed by atoms with Crippen LogP contribution in [0.25, 0.3) is 0 Å². The highest BCUT2D eigenvalue weighted by atomic mass is 16.4. The van der Waals surface area contributed by atoms with Gasteiger partial charge in [0.1, 0.15) is 0 Å². The van der Waals surface area contributed by atoms with Gasteiger partial charge in [0.15, 0.2) is 0 Å². The first-order chi connectivity index (χ1) is 9.65. The third-order valence-electron chi connectivity index (χ3n) is 3.35. The van der Waals surface area contributed by atoms with Crippen molar-refractivity contribution in [1.29, 1.82) is 0 Å². The number of fused-ring (bicyclic) bond motifs is 1. The Balaban J connectivity index is 1.85. The number of carboxylic acids is 1. The Bertz CT molecular complexity index is 683. The summed E-state index contributed by atoms with van der Waals surface area (Å²) in [6, 6.07) is 8.35. The zero-order chi connectivity index (χ0) is 14.1. The van der Waals surface area contributed by atoms with Crippen LogP contribution in [0.2, 0.25) is 0 Å². The van der Waals surface area contributed by atoms with Gasteiger partial charge in [0.25, 0.3) is 5.91 Å². The van der Waals surface area contributed by atoms with Gasteiger partial charge in [-0.15, -0.1) is 0 Å². The summed E-state index contributed by atoms with van der Waals surface area (Å²) in [5, 5.41) is 8.98. The van der Waals surface area contributed by atoms with Gasteiger partial charge >= 0.3 is 5.97 Å². The van der Waals surface area contributed by atoms with Gasteiger partial charge in [0, 0.05) is 31.0 Å². The van der Waals surface area contributed by atoms with E-state index in [0.717, 1.165) is 11.1 Å². The SMILES string of the molecule is O=C(O)c1ccc2c(c1)CN(Cc1ccncc1)C2=O. The van der Waals surface area contributed by atoms with Crippen LogP contribution in [-0.2, 0) is 13.1 Å². The molecule has 5 nitrogen and oxygen atoms in total. The molecule has 2 aromatic rings. The molecule has 1 aliphatic rings. The Morgan fingerprint density at radius 3 is 2.70 bits per heavy atom. The molecule has 5 heteroatoms. The van der Waals surface area contributed by atoms with E-state index in [0.29, 0.717) is 18.7 Å². The lowest BCUT2D eigenvalue weighted by molar-refractivity contribution is 0.0695. The molecule has 0 unspecified atom stereocenters. The van der Waals surface area contributed by atoms with Gasteiger partial charge in [0.2, 0.25) is 0 Å². The molecule has 0 bridgehead atoms. The van der Waals surface area contributed by atoms with Crippen LogP contribution < -0.4 is 0 Å². The maximum absolute atomic E-state index is 12.2. The lowest BCUT2D eigenvalue weighted by Crippen LogP contribution is -2.23. The topological polar surface area (TPSA) is 70.5 Å². The normalized spacial score (nSPS) is 13.4. The summed E-state index contributed by atoms with van der Waals surface area (Å²) in [7, 11) is 0. The van der Waals surface area contributed by atoms with Gasteiger partial charge in [-0.2, -0.15) is 0 Å². The standard InChI is InChI=1S/C15H12N2O3/c18-14-13-2-1-11(15(19)20)7-12(13)9-17(14)8-10-3-5-16-6-4-10/h1-7H,8-9H2,(H,19,20). The molecular formula is C15H12N2O3. The van der Waals surface area contributed by atoms with E-state index >= 15 is 0 Å². The maximum atomic E-state index is 12.2. The largest absolute Gasteiger partial charge is 0.478 e. The van der Waals surface area contributed by atoms with Gasteiger partial charge in [-0.3, -0.25) is 9.78 Å². The molecule has 0 fully saturated rings. The molecule has 2 heterocycles. The Hall–Kier alpha value is -2.69. The van der Waals surface area contributed by atoms with E-state index in [1.165, 1.54) is 6.07 Å². The molecule has 1 aliphatic heterocycles. The van der Waals surface area contributed by atoms with Crippen LogP contribution in [0.4, 0.5) is 0 Å². The lowest BCUT2D eigenvalue weighted by atomic mass is 10.1. The second kappa shape index (κ2) is 4.77. The smallest absolute Gasteiger partial charge is 0.335 e. The minimum Gasteiger partial charge on any atom is -0.478 e. The number of aromatic nitrogens is 1. The molecule has 0 spiro atoms. The molecule has 1 aromatic carbocycles. The minimum absolute atomic E-state index is 0.0613. The first-order valence-corrected chi connectivity index (χ1v) is 6.19. The van der Waals surface area contributed by atoms with Crippen LogP contribution in [0, 0.1) is 0 Å². The van der Waals surface area contributed by atoms with E-state index < -0.39 is 5.97 Å². The van der Waals surface area contributed by atoms with Crippen molar-refractivity contribution in [2.24, 2.45) is 0 Å². The number of carboxylic acid groups (broad SMARTS) is 1. The predicted octanol–water partition coefficient (Wildman–Crippen LogP) is 1.94. The van der Waals surface area contributed by atoms with Crippen molar-refractivity contribution in [1.82, 2.24) is 9.88 Å². The Morgan fingerprint density at radius 2 is 2.00 bits per heavy atom. The molecule has 0 saturated carbocycles. The molecule has 0 aliphatic carbocycles. The number of hydrogen-bond donors (Lipinski definition) is 1. The van der Waals surface area contributed by atoms with E-state index in [4.69, 9.17) is 5.11 Å². The molecular weight excluding hydrogens is 256 g/mol. The third kappa shape index (κ3) is 2.14. The number of nitrogens with zero attached hydrogens (tertiary/aromatic N) is 2. The fraction of sp³-hybridized carbons (Fsp3) is 0.133. The average Bonchev–Trinajstić information content (AvgIpc) is 2.76. The number of benzene rings is 1. The second-order valence-corrected chi connectivity index (χ2v) is 4.69. The van der Waals surface area contributed by atoms with E-state index in [9.17, 15) is 9.59 Å². The summed E-state index contributed by atoms with van der Waals surface area (Å²) in [6.07, 6.45) is 3.37. The fourth-order valence-corrected chi connectivity index (χ4v) is 2.35. The van der Waals surface area contributed by atoms with Gasteiger partial charge in [0.05, 0.1) is 5.56 Å². The van der Waals surface area contributed by atoms with Crippen LogP contribution in [0.3, 0.4) is 0 Å². The Morgan fingerprint density at radius 1 is 1.25 bits per heavy atom. The number of pyridine rings is 1. The van der Waals surface area contributed by atoms with E-state index in [-0.39, 0.29) is 11.5 Å². The molecule has 0 atom stereocenters. The quantitative estimate of drug-likeness (QED) is 0.923. The van der Waals surface area contributed by atoms with Crippen LogP contribution >= 0.6 is 0 Å². The summed E-state index contributed by atoms with van der Waals surface area (Å²) in [5.41, 5.74) is 2.56. The minimum atomic E-state index is -0.979. The van der Waals surface area contributed by atoms with Crippen molar-refractivity contribution in [3.63, 3.8) is 0 Å². The summed E-state index contributed by atoms with van der Waals surface area (Å²) in [6.45, 7) is 0.941. The van der Waals surface area contributed by atoms with Crippen LogP contribution in [0.1, 0.15) is 31.8 Å².